The first kappa shape index (κ1) is 28.5. The Labute approximate surface area is 225 Å². The Morgan fingerprint density at radius 2 is 2.03 bits per heavy atom. The standard InChI is InChI=1S/C24H30Cl3N3O6/c1-14(5-7-18(31)35-11-10-30-9-8-28-13-30)4-6-16-20(29-23(33)24(25,26)27)19-17(12-36-22(19)32)15(2)21(16)34-3/h4,28H,5-13H2,1-3H3,(H,29,33)/b14-4+. The van der Waals surface area contributed by atoms with Crippen molar-refractivity contribution < 1.29 is 28.6 Å². The Morgan fingerprint density at radius 3 is 2.67 bits per heavy atom. The van der Waals surface area contributed by atoms with Crippen LogP contribution in [0.2, 0.25) is 0 Å². The van der Waals surface area contributed by atoms with Gasteiger partial charge in [0, 0.05) is 43.9 Å². The number of carbonyl (C=O) groups is 3. The van der Waals surface area contributed by atoms with E-state index in [0.29, 0.717) is 42.9 Å². The Bertz CT molecular complexity index is 1050. The van der Waals surface area contributed by atoms with E-state index >= 15 is 0 Å². The summed E-state index contributed by atoms with van der Waals surface area (Å²) in [4.78, 5) is 39.3. The van der Waals surface area contributed by atoms with Crippen molar-refractivity contribution in [1.82, 2.24) is 10.2 Å². The average molecular weight is 563 g/mol. The highest BCUT2D eigenvalue weighted by Gasteiger charge is 2.36. The minimum Gasteiger partial charge on any atom is -0.496 e. The van der Waals surface area contributed by atoms with E-state index in [0.717, 1.165) is 30.9 Å². The summed E-state index contributed by atoms with van der Waals surface area (Å²) in [5.74, 6) is -1.26. The minimum absolute atomic E-state index is 0.0541. The number of benzene rings is 1. The SMILES string of the molecule is COc1c(C)c2c(c(NC(=O)C(Cl)(Cl)Cl)c1C/C=C(\C)CCC(=O)OCCN1CCNC1)C(=O)OC2. The fourth-order valence-electron chi connectivity index (χ4n) is 4.16. The van der Waals surface area contributed by atoms with Crippen molar-refractivity contribution in [1.29, 1.82) is 0 Å². The van der Waals surface area contributed by atoms with Gasteiger partial charge in [-0.05, 0) is 32.3 Å². The number of alkyl halides is 3. The first-order valence-corrected chi connectivity index (χ1v) is 12.7. The van der Waals surface area contributed by atoms with Crippen LogP contribution in [-0.2, 0) is 32.1 Å². The van der Waals surface area contributed by atoms with Gasteiger partial charge in [-0.2, -0.15) is 0 Å². The number of hydrogen-bond acceptors (Lipinski definition) is 8. The van der Waals surface area contributed by atoms with Crippen LogP contribution < -0.4 is 15.4 Å². The maximum atomic E-state index is 12.5. The maximum Gasteiger partial charge on any atom is 0.341 e. The van der Waals surface area contributed by atoms with Crippen molar-refractivity contribution in [2.24, 2.45) is 0 Å². The number of esters is 2. The second kappa shape index (κ2) is 12.5. The van der Waals surface area contributed by atoms with E-state index in [4.69, 9.17) is 49.0 Å². The lowest BCUT2D eigenvalue weighted by Crippen LogP contribution is -2.28. The highest BCUT2D eigenvalue weighted by molar-refractivity contribution is 6.76. The molecule has 12 heteroatoms. The average Bonchev–Trinajstić information content (AvgIpc) is 3.47. The summed E-state index contributed by atoms with van der Waals surface area (Å²) in [6, 6.07) is 0. The fraction of sp³-hybridized carbons (Fsp3) is 0.542. The highest BCUT2D eigenvalue weighted by Crippen LogP contribution is 2.42. The Balaban J connectivity index is 1.74. The number of nitrogens with zero attached hydrogens (tertiary/aromatic N) is 1. The van der Waals surface area contributed by atoms with Crippen LogP contribution in [0.15, 0.2) is 11.6 Å². The first-order chi connectivity index (χ1) is 17.0. The zero-order chi connectivity index (χ0) is 26.5. The Hall–Kier alpha value is -2.04. The van der Waals surface area contributed by atoms with Crippen LogP contribution >= 0.6 is 34.8 Å². The number of hydrogen-bond donors (Lipinski definition) is 2. The van der Waals surface area contributed by atoms with Crippen LogP contribution in [-0.4, -0.2) is 66.6 Å². The van der Waals surface area contributed by atoms with Crippen LogP contribution in [0.4, 0.5) is 5.69 Å². The molecule has 0 radical (unpaired) electrons. The molecule has 1 amide bonds. The molecule has 198 valence electrons. The molecule has 2 aliphatic rings. The number of halogens is 3. The van der Waals surface area contributed by atoms with E-state index in [1.807, 2.05) is 19.9 Å². The molecule has 2 N–H and O–H groups in total. The molecular formula is C24H30Cl3N3O6. The Morgan fingerprint density at radius 1 is 1.28 bits per heavy atom. The van der Waals surface area contributed by atoms with E-state index in [1.54, 1.807) is 0 Å². The van der Waals surface area contributed by atoms with Crippen LogP contribution in [0.25, 0.3) is 0 Å². The van der Waals surface area contributed by atoms with Gasteiger partial charge in [-0.3, -0.25) is 14.5 Å². The number of rotatable bonds is 10. The molecule has 1 aromatic carbocycles. The van der Waals surface area contributed by atoms with Gasteiger partial charge in [0.15, 0.2) is 0 Å². The van der Waals surface area contributed by atoms with Gasteiger partial charge in [0.1, 0.15) is 19.0 Å². The molecule has 9 nitrogen and oxygen atoms in total. The van der Waals surface area contributed by atoms with Gasteiger partial charge < -0.3 is 24.8 Å². The summed E-state index contributed by atoms with van der Waals surface area (Å²) in [7, 11) is 1.50. The fourth-order valence-corrected chi connectivity index (χ4v) is 4.30. The smallest absolute Gasteiger partial charge is 0.341 e. The second-order valence-corrected chi connectivity index (χ2v) is 10.9. The predicted molar refractivity (Wildman–Crippen MR) is 138 cm³/mol. The largest absolute Gasteiger partial charge is 0.496 e. The van der Waals surface area contributed by atoms with Gasteiger partial charge >= 0.3 is 11.9 Å². The van der Waals surface area contributed by atoms with E-state index in [9.17, 15) is 14.4 Å². The molecule has 0 aliphatic carbocycles. The summed E-state index contributed by atoms with van der Waals surface area (Å²) in [5, 5.41) is 5.80. The zero-order valence-corrected chi connectivity index (χ0v) is 22.7. The number of carbonyl (C=O) groups excluding carboxylic acids is 3. The third-order valence-electron chi connectivity index (χ3n) is 6.16. The van der Waals surface area contributed by atoms with Crippen LogP contribution in [0.3, 0.4) is 0 Å². The number of nitrogens with one attached hydrogen (secondary N) is 2. The predicted octanol–water partition coefficient (Wildman–Crippen LogP) is 3.66. The maximum absolute atomic E-state index is 12.5. The normalized spacial score (nSPS) is 16.1. The molecule has 0 aromatic heterocycles. The number of ether oxygens (including phenoxy) is 3. The molecule has 2 aliphatic heterocycles. The van der Waals surface area contributed by atoms with Crippen molar-refractivity contribution in [2.45, 2.75) is 43.5 Å². The molecule has 2 heterocycles. The summed E-state index contributed by atoms with van der Waals surface area (Å²) in [5.41, 5.74) is 3.20. The third-order valence-corrected chi connectivity index (χ3v) is 6.68. The lowest BCUT2D eigenvalue weighted by atomic mass is 9.93. The number of amides is 1. The van der Waals surface area contributed by atoms with Crippen molar-refractivity contribution in [2.75, 3.05) is 45.3 Å². The lowest BCUT2D eigenvalue weighted by molar-refractivity contribution is -0.144. The summed E-state index contributed by atoms with van der Waals surface area (Å²) < 4.78 is 13.9. The molecule has 0 unspecified atom stereocenters. The monoisotopic (exact) mass is 561 g/mol. The van der Waals surface area contributed by atoms with E-state index < -0.39 is 15.7 Å². The van der Waals surface area contributed by atoms with Crippen LogP contribution in [0, 0.1) is 6.92 Å². The van der Waals surface area contributed by atoms with Gasteiger partial charge in [-0.15, -0.1) is 0 Å². The first-order valence-electron chi connectivity index (χ1n) is 11.5. The van der Waals surface area contributed by atoms with E-state index in [1.165, 1.54) is 7.11 Å². The van der Waals surface area contributed by atoms with Crippen LogP contribution in [0.1, 0.15) is 46.8 Å². The minimum atomic E-state index is -2.23. The van der Waals surface area contributed by atoms with Gasteiger partial charge in [-0.1, -0.05) is 46.5 Å². The van der Waals surface area contributed by atoms with Gasteiger partial charge in [0.05, 0.1) is 18.4 Å². The number of anilines is 1. The number of cyclic esters (lactones) is 1. The van der Waals surface area contributed by atoms with Crippen molar-refractivity contribution >= 4 is 58.3 Å². The molecule has 3 rings (SSSR count). The molecule has 0 saturated carbocycles. The quantitative estimate of drug-likeness (QED) is 0.253. The van der Waals surface area contributed by atoms with Crippen molar-refractivity contribution in [3.05, 3.63) is 33.9 Å². The highest BCUT2D eigenvalue weighted by atomic mass is 35.6. The zero-order valence-electron chi connectivity index (χ0n) is 20.5. The third kappa shape index (κ3) is 7.04. The van der Waals surface area contributed by atoms with Crippen LogP contribution in [0.5, 0.6) is 5.75 Å². The van der Waals surface area contributed by atoms with Gasteiger partial charge in [-0.25, -0.2) is 4.79 Å². The van der Waals surface area contributed by atoms with Gasteiger partial charge in [0.25, 0.3) is 9.70 Å². The second-order valence-electron chi connectivity index (χ2n) is 8.64. The molecular weight excluding hydrogens is 533 g/mol. The molecule has 0 spiro atoms. The summed E-state index contributed by atoms with van der Waals surface area (Å²) in [6.45, 7) is 7.54. The Kier molecular flexibility index (Phi) is 9.88. The summed E-state index contributed by atoms with van der Waals surface area (Å²) in [6.07, 6.45) is 2.93. The molecule has 1 fully saturated rings. The molecule has 0 bridgehead atoms. The lowest BCUT2D eigenvalue weighted by Gasteiger charge is -2.21. The number of fused-ring (bicyclic) bond motifs is 1. The molecule has 36 heavy (non-hydrogen) atoms. The summed E-state index contributed by atoms with van der Waals surface area (Å²) >= 11 is 17.3. The van der Waals surface area contributed by atoms with Crippen molar-refractivity contribution in [3.8, 4) is 5.75 Å². The number of allylic oxidation sites excluding steroid dienone is 2. The topological polar surface area (TPSA) is 106 Å². The molecule has 1 saturated heterocycles. The molecule has 0 atom stereocenters. The number of methoxy groups -OCH3 is 1. The van der Waals surface area contributed by atoms with Gasteiger partial charge in [0.2, 0.25) is 0 Å². The van der Waals surface area contributed by atoms with Crippen molar-refractivity contribution in [3.63, 3.8) is 0 Å². The molecule has 1 aromatic rings. The van der Waals surface area contributed by atoms with E-state index in [-0.39, 0.29) is 30.2 Å². The van der Waals surface area contributed by atoms with E-state index in [2.05, 4.69) is 15.5 Å².